The summed E-state index contributed by atoms with van der Waals surface area (Å²) in [5, 5.41) is 0. The summed E-state index contributed by atoms with van der Waals surface area (Å²) in [4.78, 5) is 8.24. The molecule has 0 aromatic heterocycles. The zero-order chi connectivity index (χ0) is 4.83. The summed E-state index contributed by atoms with van der Waals surface area (Å²) in [6.45, 7) is 0. The maximum Gasteiger partial charge on any atom is 0.0126 e. The second kappa shape index (κ2) is 4.84. The third-order valence-corrected chi connectivity index (χ3v) is 0.208. The minimum atomic E-state index is 1.59. The van der Waals surface area contributed by atoms with E-state index in [9.17, 15) is 0 Å². The smallest absolute Gasteiger partial charge is 0.0126 e. The van der Waals surface area contributed by atoms with Crippen molar-refractivity contribution in [3.63, 3.8) is 0 Å². The van der Waals surface area contributed by atoms with Crippen LogP contribution in [0.4, 0.5) is 0 Å². The maximum atomic E-state index is 4.12. The van der Waals surface area contributed by atoms with Crippen LogP contribution in [-0.4, -0.2) is 14.1 Å². The first-order chi connectivity index (χ1) is 2.91. The van der Waals surface area contributed by atoms with Crippen molar-refractivity contribution in [1.29, 1.82) is 0 Å². The van der Waals surface area contributed by atoms with Gasteiger partial charge in [0.05, 0.1) is 0 Å². The fourth-order valence-corrected chi connectivity index (χ4v) is 0.0833. The van der Waals surface area contributed by atoms with E-state index in [1.807, 2.05) is 0 Å². The molecule has 0 aromatic rings. The topological polar surface area (TPSA) is 42.5 Å². The summed E-state index contributed by atoms with van der Waals surface area (Å²) < 4.78 is 0. The van der Waals surface area contributed by atoms with Crippen LogP contribution < -0.4 is 11.0 Å². The second-order valence-electron chi connectivity index (χ2n) is 0.575. The van der Waals surface area contributed by atoms with Gasteiger partial charge in [0.2, 0.25) is 0 Å². The van der Waals surface area contributed by atoms with Gasteiger partial charge in [-0.1, -0.05) is 0 Å². The fraction of sp³-hybridized carbons (Fsp3) is 1.00. The molecule has 0 aliphatic rings. The first kappa shape index (κ1) is 5.84. The number of rotatable bonds is 3. The summed E-state index contributed by atoms with van der Waals surface area (Å²) in [6.07, 6.45) is 0. The monoisotopic (exact) mass is 92.1 g/mol. The minimum Gasteiger partial charge on any atom is -0.171 e. The summed E-state index contributed by atoms with van der Waals surface area (Å²) in [7, 11) is 3.19. The van der Waals surface area contributed by atoms with Gasteiger partial charge in [-0.25, -0.2) is 0 Å². The van der Waals surface area contributed by atoms with E-state index < -0.39 is 0 Å². The lowest BCUT2D eigenvalue weighted by Crippen LogP contribution is -2.15. The van der Waals surface area contributed by atoms with Gasteiger partial charge >= 0.3 is 0 Å². The summed E-state index contributed by atoms with van der Waals surface area (Å²) in [5.41, 5.74) is 4.57. The third-order valence-electron chi connectivity index (χ3n) is 0.208. The van der Waals surface area contributed by atoms with Gasteiger partial charge in [-0.3, -0.25) is 0 Å². The van der Waals surface area contributed by atoms with Crippen LogP contribution in [0.3, 0.4) is 0 Å². The van der Waals surface area contributed by atoms with Crippen LogP contribution >= 0.6 is 0 Å². The van der Waals surface area contributed by atoms with E-state index in [-0.39, 0.29) is 0 Å². The Morgan fingerprint density at radius 2 is 1.33 bits per heavy atom. The van der Waals surface area contributed by atoms with Crippen LogP contribution in [0.5, 0.6) is 0 Å². The molecule has 2 N–H and O–H groups in total. The predicted molar refractivity (Wildman–Crippen MR) is 20.3 cm³/mol. The van der Waals surface area contributed by atoms with E-state index in [0.717, 1.165) is 0 Å². The molecule has 0 amide bonds. The first-order valence-corrected chi connectivity index (χ1v) is 1.57. The van der Waals surface area contributed by atoms with E-state index >= 15 is 0 Å². The molecule has 4 nitrogen and oxygen atoms in total. The first-order valence-electron chi connectivity index (χ1n) is 1.57. The van der Waals surface area contributed by atoms with Gasteiger partial charge in [-0.2, -0.15) is 11.0 Å². The highest BCUT2D eigenvalue weighted by atomic mass is 17.3. The highest BCUT2D eigenvalue weighted by Crippen LogP contribution is 1.53. The third kappa shape index (κ3) is 3.84. The molecule has 0 bridgehead atoms. The zero-order valence-electron chi connectivity index (χ0n) is 3.82. The van der Waals surface area contributed by atoms with Crippen molar-refractivity contribution >= 4 is 0 Å². The molecule has 0 heterocycles. The Hall–Kier alpha value is -0.160. The van der Waals surface area contributed by atoms with Gasteiger partial charge in [0.25, 0.3) is 0 Å². The molecular weight excluding hydrogens is 84.0 g/mol. The average Bonchev–Trinajstić information content (AvgIpc) is 1.61. The highest BCUT2D eigenvalue weighted by Gasteiger charge is 1.68. The zero-order valence-corrected chi connectivity index (χ0v) is 3.82. The molecule has 0 rings (SSSR count). The molecule has 4 heteroatoms. The molecule has 0 unspecified atom stereocenters. The average molecular weight is 92.1 g/mol. The van der Waals surface area contributed by atoms with Crippen molar-refractivity contribution in [2.45, 2.75) is 0 Å². The van der Waals surface area contributed by atoms with Crippen LogP contribution in [0.1, 0.15) is 0 Å². The number of hydrogen-bond donors (Lipinski definition) is 2. The van der Waals surface area contributed by atoms with E-state index in [0.29, 0.717) is 0 Å². The van der Waals surface area contributed by atoms with E-state index in [1.165, 1.54) is 0 Å². The minimum absolute atomic E-state index is 1.59. The van der Waals surface area contributed by atoms with Gasteiger partial charge in [0, 0.05) is 14.1 Å². The Kier molecular flexibility index (Phi) is 4.71. The van der Waals surface area contributed by atoms with E-state index in [1.54, 1.807) is 14.1 Å². The van der Waals surface area contributed by atoms with Crippen molar-refractivity contribution in [3.05, 3.63) is 0 Å². The van der Waals surface area contributed by atoms with Crippen LogP contribution in [-0.2, 0) is 9.98 Å². The van der Waals surface area contributed by atoms with Crippen LogP contribution in [0.15, 0.2) is 0 Å². The molecular formula is C2H8N2O2. The van der Waals surface area contributed by atoms with Gasteiger partial charge in [0.15, 0.2) is 0 Å². The lowest BCUT2D eigenvalue weighted by atomic mass is 11.5. The number of hydroxylamine groups is 2. The predicted octanol–water partition coefficient (Wildman–Crippen LogP) is -0.797. The molecule has 0 aliphatic carbocycles. The molecule has 0 saturated carbocycles. The van der Waals surface area contributed by atoms with Crippen LogP contribution in [0.25, 0.3) is 0 Å². The lowest BCUT2D eigenvalue weighted by molar-refractivity contribution is -0.365. The van der Waals surface area contributed by atoms with Gasteiger partial charge in [-0.05, 0) is 0 Å². The van der Waals surface area contributed by atoms with Crippen LogP contribution in [0.2, 0.25) is 0 Å². The molecule has 0 aliphatic heterocycles. The summed E-state index contributed by atoms with van der Waals surface area (Å²) >= 11 is 0. The Bertz CT molecular complexity index is 21.5. The molecule has 38 valence electrons. The van der Waals surface area contributed by atoms with Gasteiger partial charge in [-0.15, -0.1) is 9.98 Å². The second-order valence-corrected chi connectivity index (χ2v) is 0.575. The van der Waals surface area contributed by atoms with Crippen molar-refractivity contribution < 1.29 is 9.98 Å². The Labute approximate surface area is 36.3 Å². The number of hydrogen-bond acceptors (Lipinski definition) is 4. The Balaban J connectivity index is 2.34. The molecule has 0 saturated heterocycles. The van der Waals surface area contributed by atoms with Crippen molar-refractivity contribution in [1.82, 2.24) is 11.0 Å². The van der Waals surface area contributed by atoms with E-state index in [4.69, 9.17) is 0 Å². The SMILES string of the molecule is CNOONC. The van der Waals surface area contributed by atoms with Crippen molar-refractivity contribution in [2.24, 2.45) is 0 Å². The molecule has 0 spiro atoms. The molecule has 0 radical (unpaired) electrons. The number of nitrogens with one attached hydrogen (secondary N) is 2. The summed E-state index contributed by atoms with van der Waals surface area (Å²) in [6, 6.07) is 0. The highest BCUT2D eigenvalue weighted by molar-refractivity contribution is 3.76. The summed E-state index contributed by atoms with van der Waals surface area (Å²) in [5.74, 6) is 0. The molecule has 0 fully saturated rings. The Morgan fingerprint density at radius 1 is 1.00 bits per heavy atom. The molecule has 0 aromatic carbocycles. The maximum absolute atomic E-state index is 4.12. The van der Waals surface area contributed by atoms with E-state index in [2.05, 4.69) is 20.9 Å². The fourth-order valence-electron chi connectivity index (χ4n) is 0.0833. The van der Waals surface area contributed by atoms with Crippen molar-refractivity contribution in [2.75, 3.05) is 14.1 Å². The normalized spacial score (nSPS) is 9.00. The van der Waals surface area contributed by atoms with Gasteiger partial charge < -0.3 is 0 Å². The van der Waals surface area contributed by atoms with Gasteiger partial charge in [0.1, 0.15) is 0 Å². The lowest BCUT2D eigenvalue weighted by Gasteiger charge is -1.93. The van der Waals surface area contributed by atoms with Crippen molar-refractivity contribution in [3.8, 4) is 0 Å². The Morgan fingerprint density at radius 3 is 1.50 bits per heavy atom. The molecule has 0 atom stereocenters. The quantitative estimate of drug-likeness (QED) is 0.272. The standard InChI is InChI=1S/C2H8N2O2/c1-3-5-6-4-2/h3-4H,1-2H3. The molecule has 6 heavy (non-hydrogen) atoms. The van der Waals surface area contributed by atoms with Crippen LogP contribution in [0, 0.1) is 0 Å². The largest absolute Gasteiger partial charge is 0.171 e.